The third-order valence-electron chi connectivity index (χ3n) is 4.11. The maximum atomic E-state index is 13.0. The van der Waals surface area contributed by atoms with Crippen LogP contribution < -0.4 is 5.32 Å². The standard InChI is InChI=1S/C17H19FN2O2/c18-13-9-7-12(8-10-13)16-15(11-19-22-16)17(21)20-14-5-3-1-2-4-6-14/h7-11,14H,1-6H2,(H,20,21). The molecule has 116 valence electrons. The van der Waals surface area contributed by atoms with Gasteiger partial charge in [0.15, 0.2) is 5.76 Å². The summed E-state index contributed by atoms with van der Waals surface area (Å²) in [6, 6.07) is 6.05. The van der Waals surface area contributed by atoms with E-state index in [-0.39, 0.29) is 17.8 Å². The Morgan fingerprint density at radius 1 is 1.14 bits per heavy atom. The molecule has 0 aliphatic heterocycles. The van der Waals surface area contributed by atoms with Gasteiger partial charge in [-0.1, -0.05) is 30.8 Å². The lowest BCUT2D eigenvalue weighted by molar-refractivity contribution is 0.0933. The maximum absolute atomic E-state index is 13.0. The minimum absolute atomic E-state index is 0.174. The predicted octanol–water partition coefficient (Wildman–Crippen LogP) is 3.93. The maximum Gasteiger partial charge on any atom is 0.257 e. The lowest BCUT2D eigenvalue weighted by Gasteiger charge is -2.15. The molecule has 1 amide bonds. The van der Waals surface area contributed by atoms with Gasteiger partial charge in [0, 0.05) is 11.6 Å². The van der Waals surface area contributed by atoms with Gasteiger partial charge in [-0.05, 0) is 37.1 Å². The van der Waals surface area contributed by atoms with Gasteiger partial charge in [0.1, 0.15) is 11.4 Å². The Labute approximate surface area is 128 Å². The molecule has 1 aliphatic rings. The number of carbonyl (C=O) groups excluding carboxylic acids is 1. The molecule has 2 aromatic rings. The number of rotatable bonds is 3. The average Bonchev–Trinajstić information content (AvgIpc) is 2.87. The Balaban J connectivity index is 1.76. The van der Waals surface area contributed by atoms with E-state index in [1.165, 1.54) is 31.2 Å². The summed E-state index contributed by atoms with van der Waals surface area (Å²) >= 11 is 0. The van der Waals surface area contributed by atoms with Crippen molar-refractivity contribution in [2.45, 2.75) is 44.6 Å². The van der Waals surface area contributed by atoms with E-state index in [9.17, 15) is 9.18 Å². The van der Waals surface area contributed by atoms with E-state index in [1.807, 2.05) is 0 Å². The van der Waals surface area contributed by atoms with E-state index >= 15 is 0 Å². The van der Waals surface area contributed by atoms with Crippen LogP contribution in [-0.4, -0.2) is 17.1 Å². The molecule has 1 saturated carbocycles. The predicted molar refractivity (Wildman–Crippen MR) is 80.9 cm³/mol. The molecule has 4 nitrogen and oxygen atoms in total. The van der Waals surface area contributed by atoms with E-state index in [1.54, 1.807) is 12.1 Å². The molecule has 1 fully saturated rings. The average molecular weight is 302 g/mol. The zero-order valence-corrected chi connectivity index (χ0v) is 12.3. The zero-order chi connectivity index (χ0) is 15.4. The highest BCUT2D eigenvalue weighted by molar-refractivity contribution is 5.99. The Kier molecular flexibility index (Phi) is 4.51. The second-order valence-corrected chi connectivity index (χ2v) is 5.74. The number of nitrogens with one attached hydrogen (secondary N) is 1. The normalized spacial score (nSPS) is 16.2. The van der Waals surface area contributed by atoms with Crippen LogP contribution in [0.4, 0.5) is 4.39 Å². The number of aromatic nitrogens is 1. The highest BCUT2D eigenvalue weighted by Crippen LogP contribution is 2.24. The van der Waals surface area contributed by atoms with Gasteiger partial charge in [-0.2, -0.15) is 0 Å². The molecule has 22 heavy (non-hydrogen) atoms. The first kappa shape index (κ1) is 14.8. The van der Waals surface area contributed by atoms with Gasteiger partial charge in [-0.15, -0.1) is 0 Å². The molecule has 1 aromatic carbocycles. The Hall–Kier alpha value is -2.17. The molecule has 0 unspecified atom stereocenters. The van der Waals surface area contributed by atoms with Crippen molar-refractivity contribution >= 4 is 5.91 Å². The number of hydrogen-bond donors (Lipinski definition) is 1. The Morgan fingerprint density at radius 3 is 2.50 bits per heavy atom. The summed E-state index contributed by atoms with van der Waals surface area (Å²) in [7, 11) is 0. The molecule has 5 heteroatoms. The molecule has 1 aromatic heterocycles. The molecular formula is C17H19FN2O2. The second kappa shape index (κ2) is 6.73. The SMILES string of the molecule is O=C(NC1CCCCCC1)c1cnoc1-c1ccc(F)cc1. The van der Waals surface area contributed by atoms with Crippen molar-refractivity contribution in [1.29, 1.82) is 0 Å². The van der Waals surface area contributed by atoms with Gasteiger partial charge >= 0.3 is 0 Å². The summed E-state index contributed by atoms with van der Waals surface area (Å²) in [6.45, 7) is 0. The largest absolute Gasteiger partial charge is 0.355 e. The highest BCUT2D eigenvalue weighted by atomic mass is 19.1. The highest BCUT2D eigenvalue weighted by Gasteiger charge is 2.21. The topological polar surface area (TPSA) is 55.1 Å². The van der Waals surface area contributed by atoms with Crippen LogP contribution >= 0.6 is 0 Å². The molecule has 1 N–H and O–H groups in total. The molecule has 0 bridgehead atoms. The lowest BCUT2D eigenvalue weighted by Crippen LogP contribution is -2.34. The van der Waals surface area contributed by atoms with Crippen LogP contribution in [0.25, 0.3) is 11.3 Å². The molecule has 0 spiro atoms. The van der Waals surface area contributed by atoms with E-state index in [0.29, 0.717) is 16.9 Å². The number of carbonyl (C=O) groups is 1. The summed E-state index contributed by atoms with van der Waals surface area (Å²) < 4.78 is 18.2. The second-order valence-electron chi connectivity index (χ2n) is 5.74. The van der Waals surface area contributed by atoms with Crippen molar-refractivity contribution in [3.63, 3.8) is 0 Å². The summed E-state index contributed by atoms with van der Waals surface area (Å²) in [6.07, 6.45) is 8.23. The Morgan fingerprint density at radius 2 is 1.82 bits per heavy atom. The van der Waals surface area contributed by atoms with Crippen LogP contribution in [0.5, 0.6) is 0 Å². The first-order valence-electron chi connectivity index (χ1n) is 7.75. The number of nitrogens with zero attached hydrogens (tertiary/aromatic N) is 1. The number of benzene rings is 1. The van der Waals surface area contributed by atoms with Gasteiger partial charge in [0.2, 0.25) is 0 Å². The fraction of sp³-hybridized carbons (Fsp3) is 0.412. The molecule has 1 aliphatic carbocycles. The fourth-order valence-corrected chi connectivity index (χ4v) is 2.90. The van der Waals surface area contributed by atoms with Gasteiger partial charge in [0.05, 0.1) is 6.20 Å². The van der Waals surface area contributed by atoms with Crippen LogP contribution in [-0.2, 0) is 0 Å². The summed E-state index contributed by atoms with van der Waals surface area (Å²) in [5.41, 5.74) is 1.04. The first-order chi connectivity index (χ1) is 10.7. The third kappa shape index (κ3) is 3.35. The molecule has 3 rings (SSSR count). The number of halogens is 1. The number of amides is 1. The molecule has 0 radical (unpaired) electrons. The number of hydrogen-bond acceptors (Lipinski definition) is 3. The van der Waals surface area contributed by atoms with Crippen molar-refractivity contribution in [2.75, 3.05) is 0 Å². The van der Waals surface area contributed by atoms with E-state index in [0.717, 1.165) is 25.7 Å². The van der Waals surface area contributed by atoms with Gasteiger partial charge in [0.25, 0.3) is 5.91 Å². The van der Waals surface area contributed by atoms with Crippen molar-refractivity contribution in [1.82, 2.24) is 10.5 Å². The van der Waals surface area contributed by atoms with Crippen LogP contribution in [0.3, 0.4) is 0 Å². The summed E-state index contributed by atoms with van der Waals surface area (Å²) in [5.74, 6) is -0.119. The monoisotopic (exact) mass is 302 g/mol. The van der Waals surface area contributed by atoms with Gasteiger partial charge in [-0.25, -0.2) is 4.39 Å². The quantitative estimate of drug-likeness (QED) is 0.874. The van der Waals surface area contributed by atoms with Crippen molar-refractivity contribution in [3.05, 3.63) is 41.8 Å². The minimum atomic E-state index is -0.326. The molecule has 0 saturated heterocycles. The lowest BCUT2D eigenvalue weighted by atomic mass is 10.1. The summed E-state index contributed by atoms with van der Waals surface area (Å²) in [5, 5.41) is 6.79. The van der Waals surface area contributed by atoms with Gasteiger partial charge < -0.3 is 9.84 Å². The van der Waals surface area contributed by atoms with Crippen molar-refractivity contribution in [3.8, 4) is 11.3 Å². The zero-order valence-electron chi connectivity index (χ0n) is 12.3. The minimum Gasteiger partial charge on any atom is -0.355 e. The molecule has 0 atom stereocenters. The summed E-state index contributed by atoms with van der Waals surface area (Å²) in [4.78, 5) is 12.5. The van der Waals surface area contributed by atoms with E-state index in [4.69, 9.17) is 4.52 Å². The first-order valence-corrected chi connectivity index (χ1v) is 7.75. The van der Waals surface area contributed by atoms with Crippen LogP contribution in [0.2, 0.25) is 0 Å². The van der Waals surface area contributed by atoms with Crippen LogP contribution in [0.1, 0.15) is 48.9 Å². The molecular weight excluding hydrogens is 283 g/mol. The smallest absolute Gasteiger partial charge is 0.257 e. The van der Waals surface area contributed by atoms with Crippen LogP contribution in [0, 0.1) is 5.82 Å². The van der Waals surface area contributed by atoms with Crippen molar-refractivity contribution in [2.24, 2.45) is 0 Å². The third-order valence-corrected chi connectivity index (χ3v) is 4.11. The van der Waals surface area contributed by atoms with Gasteiger partial charge in [-0.3, -0.25) is 4.79 Å². The van der Waals surface area contributed by atoms with Crippen molar-refractivity contribution < 1.29 is 13.7 Å². The molecule has 1 heterocycles. The van der Waals surface area contributed by atoms with E-state index in [2.05, 4.69) is 10.5 Å². The van der Waals surface area contributed by atoms with E-state index < -0.39 is 0 Å². The fourth-order valence-electron chi connectivity index (χ4n) is 2.90. The van der Waals surface area contributed by atoms with Crippen LogP contribution in [0.15, 0.2) is 35.0 Å². The Bertz CT molecular complexity index is 628.